The number of ether oxygens (including phenoxy) is 1. The molecule has 224 valence electrons. The summed E-state index contributed by atoms with van der Waals surface area (Å²) in [7, 11) is 0. The fraction of sp³-hybridized carbons (Fsp3) is 0.382. The van der Waals surface area contributed by atoms with Crippen molar-refractivity contribution in [3.8, 4) is 5.75 Å². The van der Waals surface area contributed by atoms with Crippen molar-refractivity contribution in [3.05, 3.63) is 95.6 Å². The van der Waals surface area contributed by atoms with Gasteiger partial charge < -0.3 is 25.4 Å². The Morgan fingerprint density at radius 3 is 2.05 bits per heavy atom. The molecule has 8 nitrogen and oxygen atoms in total. The van der Waals surface area contributed by atoms with Crippen molar-refractivity contribution >= 4 is 23.6 Å². The lowest BCUT2D eigenvalue weighted by Gasteiger charge is -2.44. The maximum atomic E-state index is 14.7. The summed E-state index contributed by atoms with van der Waals surface area (Å²) in [5.74, 6) is -0.715. The molecular weight excluding hydrogens is 530 g/mol. The summed E-state index contributed by atoms with van der Waals surface area (Å²) in [5.41, 5.74) is 1.33. The second-order valence-electron chi connectivity index (χ2n) is 12.1. The zero-order chi connectivity index (χ0) is 31.1. The van der Waals surface area contributed by atoms with Crippen molar-refractivity contribution in [2.75, 3.05) is 5.32 Å². The first-order valence-electron chi connectivity index (χ1n) is 14.2. The molecule has 0 aliphatic heterocycles. The van der Waals surface area contributed by atoms with Gasteiger partial charge in [-0.05, 0) is 82.9 Å². The van der Waals surface area contributed by atoms with E-state index >= 15 is 0 Å². The fourth-order valence-electron chi connectivity index (χ4n) is 4.60. The van der Waals surface area contributed by atoms with Crippen molar-refractivity contribution in [1.29, 1.82) is 0 Å². The average molecular weight is 574 g/mol. The molecule has 0 aliphatic rings. The molecule has 3 rings (SSSR count). The zero-order valence-corrected chi connectivity index (χ0v) is 25.6. The standard InChI is InChI=1S/C34H43N3O5/c1-8-34(6,7)37(29(25-15-10-9-11-16-25)30(39)35-27-17-13-12-14-23(27)2)31(40)28(36-32(41)42-33(3,4)5)22-24-18-20-26(38)21-19-24/h9-21,28-29,38H,8,22H2,1-7H3,(H,35,39)(H,36,41). The number of hydrogen-bond acceptors (Lipinski definition) is 5. The molecule has 3 aromatic rings. The molecule has 42 heavy (non-hydrogen) atoms. The second-order valence-corrected chi connectivity index (χ2v) is 12.1. The van der Waals surface area contributed by atoms with Gasteiger partial charge in [0.15, 0.2) is 0 Å². The Balaban J connectivity index is 2.12. The molecule has 2 atom stereocenters. The lowest BCUT2D eigenvalue weighted by molar-refractivity contribution is -0.147. The number of nitrogens with one attached hydrogen (secondary N) is 2. The second kappa shape index (κ2) is 13.6. The van der Waals surface area contributed by atoms with Crippen molar-refractivity contribution < 1.29 is 24.2 Å². The first-order valence-corrected chi connectivity index (χ1v) is 14.2. The van der Waals surface area contributed by atoms with Crippen LogP contribution in [0.1, 0.15) is 70.7 Å². The van der Waals surface area contributed by atoms with Crippen molar-refractivity contribution in [2.24, 2.45) is 0 Å². The maximum absolute atomic E-state index is 14.7. The predicted octanol–water partition coefficient (Wildman–Crippen LogP) is 6.53. The Hall–Kier alpha value is -4.33. The lowest BCUT2D eigenvalue weighted by Crippen LogP contribution is -2.59. The van der Waals surface area contributed by atoms with Crippen molar-refractivity contribution in [2.45, 2.75) is 84.5 Å². The van der Waals surface area contributed by atoms with Gasteiger partial charge in [-0.3, -0.25) is 9.59 Å². The minimum Gasteiger partial charge on any atom is -0.508 e. The third-order valence-electron chi connectivity index (χ3n) is 7.14. The van der Waals surface area contributed by atoms with Crippen LogP contribution in [0.25, 0.3) is 0 Å². The first-order chi connectivity index (χ1) is 19.7. The minimum absolute atomic E-state index is 0.0903. The Morgan fingerprint density at radius 2 is 1.48 bits per heavy atom. The van der Waals surface area contributed by atoms with Gasteiger partial charge in [-0.15, -0.1) is 0 Å². The number of aryl methyl sites for hydroxylation is 1. The molecule has 3 amide bonds. The highest BCUT2D eigenvalue weighted by molar-refractivity contribution is 5.99. The van der Waals surface area contributed by atoms with Gasteiger partial charge in [0.05, 0.1) is 0 Å². The predicted molar refractivity (Wildman–Crippen MR) is 165 cm³/mol. The van der Waals surface area contributed by atoms with Gasteiger partial charge >= 0.3 is 6.09 Å². The molecule has 0 saturated heterocycles. The van der Waals surface area contributed by atoms with Crippen molar-refractivity contribution in [1.82, 2.24) is 10.2 Å². The highest BCUT2D eigenvalue weighted by Crippen LogP contribution is 2.33. The number of amides is 3. The summed E-state index contributed by atoms with van der Waals surface area (Å²) in [6.45, 7) is 12.9. The molecule has 0 aromatic heterocycles. The SMILES string of the molecule is CCC(C)(C)N(C(=O)C(Cc1ccc(O)cc1)NC(=O)OC(C)(C)C)C(C(=O)Nc1ccccc1C)c1ccccc1. The molecule has 8 heteroatoms. The normalized spacial score (nSPS) is 13.0. The van der Waals surface area contributed by atoms with E-state index in [1.54, 1.807) is 37.8 Å². The monoisotopic (exact) mass is 573 g/mol. The summed E-state index contributed by atoms with van der Waals surface area (Å²) < 4.78 is 5.51. The van der Waals surface area contributed by atoms with Gasteiger partial charge in [0.25, 0.3) is 5.91 Å². The van der Waals surface area contributed by atoms with E-state index in [0.717, 1.165) is 11.1 Å². The van der Waals surface area contributed by atoms with Gasteiger partial charge in [0.1, 0.15) is 23.4 Å². The molecule has 3 N–H and O–H groups in total. The number of benzene rings is 3. The first kappa shape index (κ1) is 32.2. The number of rotatable bonds is 10. The van der Waals surface area contributed by atoms with Crippen LogP contribution in [0.15, 0.2) is 78.9 Å². The number of carbonyl (C=O) groups excluding carboxylic acids is 3. The van der Waals surface area contributed by atoms with Crippen LogP contribution in [0.4, 0.5) is 10.5 Å². The van der Waals surface area contributed by atoms with E-state index in [9.17, 15) is 19.5 Å². The van der Waals surface area contributed by atoms with Crippen LogP contribution in [0, 0.1) is 6.92 Å². The Kier molecular flexibility index (Phi) is 10.4. The van der Waals surface area contributed by atoms with E-state index in [4.69, 9.17) is 4.74 Å². The van der Waals surface area contributed by atoms with Crippen LogP contribution >= 0.6 is 0 Å². The molecule has 2 unspecified atom stereocenters. The van der Waals surface area contributed by atoms with Gasteiger partial charge in [-0.1, -0.05) is 67.6 Å². The Bertz CT molecular complexity index is 1360. The van der Waals surface area contributed by atoms with Gasteiger partial charge in [-0.2, -0.15) is 0 Å². The van der Waals surface area contributed by atoms with Crippen molar-refractivity contribution in [3.63, 3.8) is 0 Å². The van der Waals surface area contributed by atoms with Gasteiger partial charge in [0.2, 0.25) is 5.91 Å². The molecule has 3 aromatic carbocycles. The van der Waals surface area contributed by atoms with Crippen LogP contribution < -0.4 is 10.6 Å². The summed E-state index contributed by atoms with van der Waals surface area (Å²) in [6.07, 6.45) is -0.0808. The van der Waals surface area contributed by atoms with Gasteiger partial charge in [-0.25, -0.2) is 4.79 Å². The average Bonchev–Trinajstić information content (AvgIpc) is 2.92. The number of phenols is 1. The van der Waals surface area contributed by atoms with Crippen LogP contribution in [-0.4, -0.2) is 45.1 Å². The third-order valence-corrected chi connectivity index (χ3v) is 7.14. The number of anilines is 1. The molecule has 0 saturated carbocycles. The maximum Gasteiger partial charge on any atom is 0.408 e. The summed E-state index contributed by atoms with van der Waals surface area (Å²) in [6, 6.07) is 21.0. The molecule has 0 aliphatic carbocycles. The van der Waals surface area contributed by atoms with Crippen LogP contribution in [0.5, 0.6) is 5.75 Å². The number of nitrogens with zero attached hydrogens (tertiary/aromatic N) is 1. The Labute approximate surface area is 249 Å². The summed E-state index contributed by atoms with van der Waals surface area (Å²) in [5, 5.41) is 15.6. The van der Waals surface area contributed by atoms with E-state index in [1.807, 2.05) is 82.3 Å². The Morgan fingerprint density at radius 1 is 0.881 bits per heavy atom. The smallest absolute Gasteiger partial charge is 0.408 e. The molecule has 0 heterocycles. The van der Waals surface area contributed by atoms with E-state index < -0.39 is 35.2 Å². The number of carbonyl (C=O) groups is 3. The number of aromatic hydroxyl groups is 1. The van der Waals surface area contributed by atoms with E-state index in [2.05, 4.69) is 10.6 Å². The number of phenolic OH excluding ortho intramolecular Hbond substituents is 1. The lowest BCUT2D eigenvalue weighted by atomic mass is 9.91. The molecule has 0 spiro atoms. The van der Waals surface area contributed by atoms with Crippen LogP contribution in [0.2, 0.25) is 0 Å². The zero-order valence-electron chi connectivity index (χ0n) is 25.6. The molecule has 0 fully saturated rings. The summed E-state index contributed by atoms with van der Waals surface area (Å²) >= 11 is 0. The number of para-hydroxylation sites is 1. The van der Waals surface area contributed by atoms with E-state index in [-0.39, 0.29) is 18.1 Å². The molecule has 0 radical (unpaired) electrons. The highest BCUT2D eigenvalue weighted by Gasteiger charge is 2.43. The number of hydrogen-bond donors (Lipinski definition) is 3. The third kappa shape index (κ3) is 8.59. The molecule has 0 bridgehead atoms. The van der Waals surface area contributed by atoms with Gasteiger partial charge in [0, 0.05) is 17.6 Å². The topological polar surface area (TPSA) is 108 Å². The quantitative estimate of drug-likeness (QED) is 0.255. The van der Waals surface area contributed by atoms with Crippen LogP contribution in [-0.2, 0) is 20.7 Å². The molecular formula is C34H43N3O5. The fourth-order valence-corrected chi connectivity index (χ4v) is 4.60. The summed E-state index contributed by atoms with van der Waals surface area (Å²) in [4.78, 5) is 43.4. The van der Waals surface area contributed by atoms with E-state index in [1.165, 1.54) is 12.1 Å². The van der Waals surface area contributed by atoms with Crippen LogP contribution in [0.3, 0.4) is 0 Å². The van der Waals surface area contributed by atoms with E-state index in [0.29, 0.717) is 17.7 Å². The minimum atomic E-state index is -1.06. The number of alkyl carbamates (subject to hydrolysis) is 1. The largest absolute Gasteiger partial charge is 0.508 e. The highest BCUT2D eigenvalue weighted by atomic mass is 16.6.